The molecule has 0 atom stereocenters. The summed E-state index contributed by atoms with van der Waals surface area (Å²) >= 11 is 0. The Balaban J connectivity index is 1.53. The van der Waals surface area contributed by atoms with Gasteiger partial charge in [-0.1, -0.05) is 19.1 Å². The van der Waals surface area contributed by atoms with Crippen molar-refractivity contribution >= 4 is 17.3 Å². The van der Waals surface area contributed by atoms with E-state index in [-0.39, 0.29) is 5.91 Å². The molecule has 1 aliphatic heterocycles. The van der Waals surface area contributed by atoms with Crippen LogP contribution in [0.4, 0.5) is 11.4 Å². The molecule has 6 nitrogen and oxygen atoms in total. The van der Waals surface area contributed by atoms with Crippen molar-refractivity contribution < 1.29 is 4.79 Å². The van der Waals surface area contributed by atoms with Gasteiger partial charge in [0.15, 0.2) is 0 Å². The molecule has 6 heteroatoms. The van der Waals surface area contributed by atoms with Gasteiger partial charge in [0.05, 0.1) is 11.9 Å². The molecule has 1 aromatic heterocycles. The summed E-state index contributed by atoms with van der Waals surface area (Å²) in [5.41, 5.74) is 3.44. The van der Waals surface area contributed by atoms with E-state index in [1.807, 2.05) is 37.2 Å². The number of rotatable bonds is 6. The first kappa shape index (κ1) is 19.3. The third kappa shape index (κ3) is 5.28. The average Bonchev–Trinajstić information content (AvgIpc) is 2.70. The van der Waals surface area contributed by atoms with Crippen LogP contribution in [0.5, 0.6) is 0 Å². The number of aromatic nitrogens is 1. The van der Waals surface area contributed by atoms with E-state index in [4.69, 9.17) is 0 Å². The van der Waals surface area contributed by atoms with Gasteiger partial charge in [-0.3, -0.25) is 9.69 Å². The van der Waals surface area contributed by atoms with Gasteiger partial charge < -0.3 is 15.1 Å². The zero-order valence-corrected chi connectivity index (χ0v) is 16.5. The van der Waals surface area contributed by atoms with Crippen LogP contribution in [-0.2, 0) is 6.54 Å². The summed E-state index contributed by atoms with van der Waals surface area (Å²) in [5, 5.41) is 2.92. The summed E-state index contributed by atoms with van der Waals surface area (Å²) in [6.07, 6.45) is 1.70. The van der Waals surface area contributed by atoms with Crippen molar-refractivity contribution in [1.82, 2.24) is 14.8 Å². The van der Waals surface area contributed by atoms with E-state index in [2.05, 4.69) is 39.2 Å². The molecule has 1 fully saturated rings. The highest BCUT2D eigenvalue weighted by molar-refractivity contribution is 6.02. The first-order chi connectivity index (χ1) is 13.0. The smallest absolute Gasteiger partial charge is 0.274 e. The van der Waals surface area contributed by atoms with Crippen molar-refractivity contribution in [1.29, 1.82) is 0 Å². The quantitative estimate of drug-likeness (QED) is 0.850. The number of hydrogen-bond donors (Lipinski definition) is 1. The number of piperazine rings is 1. The molecule has 1 aromatic carbocycles. The van der Waals surface area contributed by atoms with Crippen molar-refractivity contribution in [2.45, 2.75) is 13.5 Å². The Morgan fingerprint density at radius 3 is 2.26 bits per heavy atom. The monoisotopic (exact) mass is 367 g/mol. The fraction of sp³-hybridized carbons (Fsp3) is 0.429. The molecule has 1 N–H and O–H groups in total. The Hall–Kier alpha value is -2.44. The Labute approximate surface area is 161 Å². The first-order valence-corrected chi connectivity index (χ1v) is 9.53. The number of benzene rings is 1. The number of likely N-dealkylation sites (N-methyl/N-ethyl adjacent to an activating group) is 1. The maximum Gasteiger partial charge on any atom is 0.274 e. The standard InChI is InChI=1S/C21H29N5O/c1-4-25-11-13-26(14-12-25)16-17-5-7-18(8-6-17)23-21(27)20-10-9-19(15-22-20)24(2)3/h5-10,15H,4,11-14,16H2,1-3H3,(H,23,27). The molecule has 144 valence electrons. The summed E-state index contributed by atoms with van der Waals surface area (Å²) in [6.45, 7) is 8.82. The second-order valence-corrected chi connectivity index (χ2v) is 7.16. The molecule has 0 unspecified atom stereocenters. The lowest BCUT2D eigenvalue weighted by atomic mass is 10.1. The molecule has 3 rings (SSSR count). The largest absolute Gasteiger partial charge is 0.376 e. The maximum atomic E-state index is 12.4. The van der Waals surface area contributed by atoms with E-state index < -0.39 is 0 Å². The molecule has 2 heterocycles. The van der Waals surface area contributed by atoms with Gasteiger partial charge in [-0.2, -0.15) is 0 Å². The third-order valence-corrected chi connectivity index (χ3v) is 5.03. The molecule has 0 spiro atoms. The fourth-order valence-corrected chi connectivity index (χ4v) is 3.20. The highest BCUT2D eigenvalue weighted by atomic mass is 16.1. The van der Waals surface area contributed by atoms with Gasteiger partial charge in [-0.15, -0.1) is 0 Å². The Morgan fingerprint density at radius 1 is 1.04 bits per heavy atom. The van der Waals surface area contributed by atoms with Crippen molar-refractivity contribution in [3.63, 3.8) is 0 Å². The van der Waals surface area contributed by atoms with Gasteiger partial charge in [0.1, 0.15) is 5.69 Å². The zero-order chi connectivity index (χ0) is 19.2. The van der Waals surface area contributed by atoms with Crippen molar-refractivity contribution in [3.8, 4) is 0 Å². The van der Waals surface area contributed by atoms with E-state index in [1.165, 1.54) is 5.56 Å². The van der Waals surface area contributed by atoms with Crippen LogP contribution in [0.15, 0.2) is 42.6 Å². The predicted octanol–water partition coefficient (Wildman–Crippen LogP) is 2.54. The van der Waals surface area contributed by atoms with E-state index in [0.717, 1.165) is 50.6 Å². The molecule has 1 saturated heterocycles. The van der Waals surface area contributed by atoms with Crippen LogP contribution < -0.4 is 10.2 Å². The summed E-state index contributed by atoms with van der Waals surface area (Å²) in [4.78, 5) is 23.5. The number of pyridine rings is 1. The first-order valence-electron chi connectivity index (χ1n) is 9.53. The topological polar surface area (TPSA) is 51.7 Å². The number of hydrogen-bond acceptors (Lipinski definition) is 5. The highest BCUT2D eigenvalue weighted by Gasteiger charge is 2.15. The Kier molecular flexibility index (Phi) is 6.42. The van der Waals surface area contributed by atoms with Crippen LogP contribution in [0, 0.1) is 0 Å². The molecule has 0 bridgehead atoms. The molecule has 27 heavy (non-hydrogen) atoms. The number of carbonyl (C=O) groups excluding carboxylic acids is 1. The van der Waals surface area contributed by atoms with Gasteiger partial charge in [0.25, 0.3) is 5.91 Å². The zero-order valence-electron chi connectivity index (χ0n) is 16.5. The van der Waals surface area contributed by atoms with Crippen LogP contribution in [0.3, 0.4) is 0 Å². The van der Waals surface area contributed by atoms with Crippen molar-refractivity contribution in [2.75, 3.05) is 57.0 Å². The van der Waals surface area contributed by atoms with Crippen molar-refractivity contribution in [2.24, 2.45) is 0 Å². The van der Waals surface area contributed by atoms with E-state index in [1.54, 1.807) is 12.3 Å². The van der Waals surface area contributed by atoms with Gasteiger partial charge in [-0.25, -0.2) is 4.98 Å². The van der Waals surface area contributed by atoms with Crippen LogP contribution in [0.2, 0.25) is 0 Å². The van der Waals surface area contributed by atoms with E-state index in [9.17, 15) is 4.79 Å². The van der Waals surface area contributed by atoms with Gasteiger partial charge in [-0.05, 0) is 36.4 Å². The van der Waals surface area contributed by atoms with E-state index >= 15 is 0 Å². The van der Waals surface area contributed by atoms with Gasteiger partial charge >= 0.3 is 0 Å². The fourth-order valence-electron chi connectivity index (χ4n) is 3.20. The Morgan fingerprint density at radius 2 is 1.70 bits per heavy atom. The molecule has 0 aliphatic carbocycles. The predicted molar refractivity (Wildman–Crippen MR) is 110 cm³/mol. The van der Waals surface area contributed by atoms with Gasteiger partial charge in [0, 0.05) is 52.5 Å². The van der Waals surface area contributed by atoms with Crippen LogP contribution in [-0.4, -0.2) is 67.5 Å². The van der Waals surface area contributed by atoms with Crippen LogP contribution in [0.1, 0.15) is 23.0 Å². The van der Waals surface area contributed by atoms with E-state index in [0.29, 0.717) is 5.69 Å². The summed E-state index contributed by atoms with van der Waals surface area (Å²) < 4.78 is 0. The maximum absolute atomic E-state index is 12.4. The number of nitrogens with one attached hydrogen (secondary N) is 1. The lowest BCUT2D eigenvalue weighted by Gasteiger charge is -2.34. The SMILES string of the molecule is CCN1CCN(Cc2ccc(NC(=O)c3ccc(N(C)C)cn3)cc2)CC1. The second-order valence-electron chi connectivity index (χ2n) is 7.16. The molecule has 1 aliphatic rings. The molecular weight excluding hydrogens is 338 g/mol. The number of anilines is 2. The van der Waals surface area contributed by atoms with Crippen LogP contribution in [0.25, 0.3) is 0 Å². The molecule has 0 radical (unpaired) electrons. The number of nitrogens with zero attached hydrogens (tertiary/aromatic N) is 4. The minimum Gasteiger partial charge on any atom is -0.376 e. The lowest BCUT2D eigenvalue weighted by molar-refractivity contribution is 0.102. The minimum atomic E-state index is -0.191. The number of amides is 1. The van der Waals surface area contributed by atoms with Crippen LogP contribution >= 0.6 is 0 Å². The second kappa shape index (κ2) is 8.97. The molecular formula is C21H29N5O. The van der Waals surface area contributed by atoms with Gasteiger partial charge in [0.2, 0.25) is 0 Å². The number of carbonyl (C=O) groups is 1. The molecule has 2 aromatic rings. The normalized spacial score (nSPS) is 15.5. The Bertz CT molecular complexity index is 734. The molecule has 0 saturated carbocycles. The minimum absolute atomic E-state index is 0.191. The van der Waals surface area contributed by atoms with Crippen molar-refractivity contribution in [3.05, 3.63) is 53.9 Å². The average molecular weight is 367 g/mol. The third-order valence-electron chi connectivity index (χ3n) is 5.03. The summed E-state index contributed by atoms with van der Waals surface area (Å²) in [6, 6.07) is 11.7. The molecule has 1 amide bonds. The lowest BCUT2D eigenvalue weighted by Crippen LogP contribution is -2.45. The highest BCUT2D eigenvalue weighted by Crippen LogP contribution is 2.15. The summed E-state index contributed by atoms with van der Waals surface area (Å²) in [7, 11) is 3.89. The summed E-state index contributed by atoms with van der Waals surface area (Å²) in [5.74, 6) is -0.191.